The van der Waals surface area contributed by atoms with Gasteiger partial charge in [0.2, 0.25) is 0 Å². The molecule has 0 saturated heterocycles. The third-order valence-corrected chi connectivity index (χ3v) is 5.74. The Morgan fingerprint density at radius 1 is 1.07 bits per heavy atom. The summed E-state index contributed by atoms with van der Waals surface area (Å²) in [4.78, 5) is 26.9. The quantitative estimate of drug-likeness (QED) is 0.464. The molecule has 29 heavy (non-hydrogen) atoms. The summed E-state index contributed by atoms with van der Waals surface area (Å²) in [6.45, 7) is 3.07. The molecule has 0 aliphatic carbocycles. The number of ether oxygens (including phenoxy) is 1. The van der Waals surface area contributed by atoms with Crippen molar-refractivity contribution in [2.75, 3.05) is 26.5 Å². The Labute approximate surface area is 167 Å². The summed E-state index contributed by atoms with van der Waals surface area (Å²) in [6.07, 6.45) is 0.915. The SMILES string of the molecule is COc1ccc2c(c1)oc1c(C)c3c(c(C)c12)C(=O)N(CCOS(C)(=O)=O)C3=O. The van der Waals surface area contributed by atoms with E-state index in [0.29, 0.717) is 33.6 Å². The third kappa shape index (κ3) is 2.97. The highest BCUT2D eigenvalue weighted by Gasteiger charge is 2.40. The summed E-state index contributed by atoms with van der Waals surface area (Å²) in [6, 6.07) is 5.43. The third-order valence-electron chi connectivity index (χ3n) is 5.14. The number of fused-ring (bicyclic) bond motifs is 4. The van der Waals surface area contributed by atoms with Crippen molar-refractivity contribution in [1.29, 1.82) is 0 Å². The fourth-order valence-corrected chi connectivity index (χ4v) is 4.21. The topological polar surface area (TPSA) is 103 Å². The lowest BCUT2D eigenvalue weighted by Crippen LogP contribution is -2.33. The number of hydrogen-bond acceptors (Lipinski definition) is 7. The molecule has 0 fully saturated rings. The van der Waals surface area contributed by atoms with Crippen molar-refractivity contribution in [2.45, 2.75) is 13.8 Å². The van der Waals surface area contributed by atoms with Gasteiger partial charge in [-0.05, 0) is 31.5 Å². The number of nitrogens with zero attached hydrogens (tertiary/aromatic N) is 1. The van der Waals surface area contributed by atoms with Crippen molar-refractivity contribution in [3.8, 4) is 5.75 Å². The zero-order valence-corrected chi connectivity index (χ0v) is 17.2. The zero-order valence-electron chi connectivity index (χ0n) is 16.4. The first-order chi connectivity index (χ1) is 13.6. The van der Waals surface area contributed by atoms with E-state index in [1.54, 1.807) is 33.1 Å². The van der Waals surface area contributed by atoms with Gasteiger partial charge in [0, 0.05) is 22.4 Å². The number of benzene rings is 2. The minimum Gasteiger partial charge on any atom is -0.497 e. The average molecular weight is 417 g/mol. The molecule has 0 bridgehead atoms. The molecule has 0 spiro atoms. The van der Waals surface area contributed by atoms with Gasteiger partial charge in [-0.2, -0.15) is 8.42 Å². The van der Waals surface area contributed by atoms with Gasteiger partial charge < -0.3 is 9.15 Å². The van der Waals surface area contributed by atoms with Crippen LogP contribution in [0.2, 0.25) is 0 Å². The number of furan rings is 1. The van der Waals surface area contributed by atoms with Crippen LogP contribution in [0.5, 0.6) is 5.75 Å². The number of rotatable bonds is 5. The monoisotopic (exact) mass is 417 g/mol. The first kappa shape index (κ1) is 19.4. The Bertz CT molecular complexity index is 1300. The van der Waals surface area contributed by atoms with Crippen molar-refractivity contribution < 1.29 is 31.3 Å². The number of hydrogen-bond donors (Lipinski definition) is 0. The van der Waals surface area contributed by atoms with E-state index in [1.165, 1.54) is 0 Å². The molecule has 0 N–H and O–H groups in total. The Morgan fingerprint density at radius 2 is 1.72 bits per heavy atom. The lowest BCUT2D eigenvalue weighted by Gasteiger charge is -2.13. The normalized spacial score (nSPS) is 14.3. The molecule has 0 unspecified atom stereocenters. The van der Waals surface area contributed by atoms with Crippen LogP contribution in [0.15, 0.2) is 22.6 Å². The molecular weight excluding hydrogens is 398 g/mol. The minimum atomic E-state index is -3.66. The molecule has 8 nitrogen and oxygen atoms in total. The summed E-state index contributed by atoms with van der Waals surface area (Å²) in [5.74, 6) is -0.307. The fourth-order valence-electron chi connectivity index (χ4n) is 3.83. The maximum absolute atomic E-state index is 13.0. The van der Waals surface area contributed by atoms with E-state index in [1.807, 2.05) is 6.07 Å². The van der Waals surface area contributed by atoms with Crippen LogP contribution < -0.4 is 4.74 Å². The van der Waals surface area contributed by atoms with Crippen molar-refractivity contribution in [1.82, 2.24) is 4.90 Å². The number of methoxy groups -OCH3 is 1. The number of aryl methyl sites for hydroxylation is 2. The Morgan fingerprint density at radius 3 is 2.34 bits per heavy atom. The number of imide groups is 1. The molecule has 2 heterocycles. The van der Waals surface area contributed by atoms with Crippen molar-refractivity contribution in [3.05, 3.63) is 40.5 Å². The van der Waals surface area contributed by atoms with E-state index in [9.17, 15) is 18.0 Å². The first-order valence-electron chi connectivity index (χ1n) is 8.88. The summed E-state index contributed by atoms with van der Waals surface area (Å²) in [5.41, 5.74) is 2.96. The molecular formula is C20H19NO7S. The average Bonchev–Trinajstić information content (AvgIpc) is 3.15. The molecule has 2 aromatic carbocycles. The Balaban J connectivity index is 1.85. The summed E-state index contributed by atoms with van der Waals surface area (Å²) < 4.78 is 38.2. The van der Waals surface area contributed by atoms with Crippen molar-refractivity contribution in [3.63, 3.8) is 0 Å². The number of amides is 2. The maximum atomic E-state index is 13.0. The van der Waals surface area contributed by atoms with Gasteiger partial charge in [0.25, 0.3) is 21.9 Å². The van der Waals surface area contributed by atoms with E-state index in [2.05, 4.69) is 4.18 Å². The molecule has 0 saturated carbocycles. The second kappa shape index (κ2) is 6.57. The highest BCUT2D eigenvalue weighted by molar-refractivity contribution is 7.85. The second-order valence-corrected chi connectivity index (χ2v) is 8.60. The van der Waals surface area contributed by atoms with Gasteiger partial charge in [-0.15, -0.1) is 0 Å². The van der Waals surface area contributed by atoms with Gasteiger partial charge >= 0.3 is 0 Å². The molecule has 3 aromatic rings. The highest BCUT2D eigenvalue weighted by Crippen LogP contribution is 2.41. The lowest BCUT2D eigenvalue weighted by molar-refractivity contribution is 0.0632. The summed E-state index contributed by atoms with van der Waals surface area (Å²) in [5, 5.41) is 1.59. The molecule has 4 rings (SSSR count). The number of carbonyl (C=O) groups is 2. The van der Waals surface area contributed by atoms with E-state index in [0.717, 1.165) is 21.9 Å². The molecule has 1 aliphatic rings. The van der Waals surface area contributed by atoms with Crippen LogP contribution in [0.4, 0.5) is 0 Å². The molecule has 9 heteroatoms. The van der Waals surface area contributed by atoms with Gasteiger partial charge in [0.1, 0.15) is 16.9 Å². The van der Waals surface area contributed by atoms with Crippen molar-refractivity contribution >= 4 is 43.9 Å². The van der Waals surface area contributed by atoms with E-state index in [4.69, 9.17) is 9.15 Å². The first-order valence-corrected chi connectivity index (χ1v) is 10.7. The van der Waals surface area contributed by atoms with Crippen LogP contribution >= 0.6 is 0 Å². The molecule has 152 valence electrons. The summed E-state index contributed by atoms with van der Waals surface area (Å²) >= 11 is 0. The standard InChI is InChI=1S/C20H19NO7S/c1-10-15-13-6-5-12(26-3)9-14(13)28-18(15)11(2)17-16(10)19(22)21(20(17)23)7-8-27-29(4,24)25/h5-6,9H,7-8H2,1-4H3. The van der Waals surface area contributed by atoms with Crippen LogP contribution in [0.25, 0.3) is 21.9 Å². The second-order valence-electron chi connectivity index (χ2n) is 6.96. The predicted octanol–water partition coefficient (Wildman–Crippen LogP) is 2.78. The van der Waals surface area contributed by atoms with E-state index >= 15 is 0 Å². The molecule has 0 radical (unpaired) electrons. The van der Waals surface area contributed by atoms with Crippen LogP contribution in [0, 0.1) is 13.8 Å². The summed E-state index contributed by atoms with van der Waals surface area (Å²) in [7, 11) is -2.10. The predicted molar refractivity (Wildman–Crippen MR) is 106 cm³/mol. The maximum Gasteiger partial charge on any atom is 0.264 e. The lowest BCUT2D eigenvalue weighted by atomic mass is 9.94. The van der Waals surface area contributed by atoms with Gasteiger partial charge in [-0.25, -0.2) is 0 Å². The largest absolute Gasteiger partial charge is 0.497 e. The molecule has 1 aliphatic heterocycles. The molecule has 0 atom stereocenters. The fraction of sp³-hybridized carbons (Fsp3) is 0.300. The Kier molecular flexibility index (Phi) is 4.39. The van der Waals surface area contributed by atoms with Gasteiger partial charge in [0.05, 0.1) is 37.6 Å². The smallest absolute Gasteiger partial charge is 0.264 e. The van der Waals surface area contributed by atoms with Crippen LogP contribution in [-0.2, 0) is 14.3 Å². The van der Waals surface area contributed by atoms with Crippen LogP contribution in [-0.4, -0.2) is 51.6 Å². The van der Waals surface area contributed by atoms with Crippen LogP contribution in [0.1, 0.15) is 31.8 Å². The highest BCUT2D eigenvalue weighted by atomic mass is 32.2. The zero-order chi connectivity index (χ0) is 21.1. The van der Waals surface area contributed by atoms with Crippen LogP contribution in [0.3, 0.4) is 0 Å². The van der Waals surface area contributed by atoms with Crippen molar-refractivity contribution in [2.24, 2.45) is 0 Å². The van der Waals surface area contributed by atoms with E-state index < -0.39 is 21.9 Å². The molecule has 1 aromatic heterocycles. The van der Waals surface area contributed by atoms with Gasteiger partial charge in [0.15, 0.2) is 0 Å². The molecule has 2 amide bonds. The van der Waals surface area contributed by atoms with Gasteiger partial charge in [-0.1, -0.05) is 0 Å². The van der Waals surface area contributed by atoms with Gasteiger partial charge in [-0.3, -0.25) is 18.7 Å². The minimum absolute atomic E-state index is 0.155. The number of carbonyl (C=O) groups excluding carboxylic acids is 2. The van der Waals surface area contributed by atoms with E-state index in [-0.39, 0.29) is 18.7 Å². The Hall–Kier alpha value is -2.91.